The summed E-state index contributed by atoms with van der Waals surface area (Å²) in [5.41, 5.74) is 11.5. The molecule has 9 aromatic carbocycles. The van der Waals surface area contributed by atoms with E-state index in [9.17, 15) is 0 Å². The zero-order chi connectivity index (χ0) is 45.0. The lowest BCUT2D eigenvalue weighted by molar-refractivity contribution is 1.06. The molecule has 4 aromatic heterocycles. The second kappa shape index (κ2) is 16.2. The van der Waals surface area contributed by atoms with E-state index in [0.29, 0.717) is 34.9 Å². The number of hydrogen-bond donors (Lipinski definition) is 0. The van der Waals surface area contributed by atoms with Crippen LogP contribution < -0.4 is 0 Å². The lowest BCUT2D eigenvalue weighted by atomic mass is 10.1. The van der Waals surface area contributed by atoms with E-state index in [4.69, 9.17) is 29.9 Å². The van der Waals surface area contributed by atoms with Gasteiger partial charge >= 0.3 is 0 Å². The minimum Gasteiger partial charge on any atom is -0.309 e. The molecule has 0 aliphatic heterocycles. The molecule has 0 unspecified atom stereocenters. The monoisotopic (exact) mass is 870 g/mol. The van der Waals surface area contributed by atoms with E-state index < -0.39 is 0 Å². The summed E-state index contributed by atoms with van der Waals surface area (Å²) in [5.74, 6) is 3.42. The molecular weight excluding hydrogens is 833 g/mol. The second-order valence-corrected chi connectivity index (χ2v) is 16.7. The van der Waals surface area contributed by atoms with E-state index in [2.05, 4.69) is 118 Å². The van der Waals surface area contributed by atoms with E-state index in [1.165, 1.54) is 10.8 Å². The summed E-state index contributed by atoms with van der Waals surface area (Å²) >= 11 is 0. The fourth-order valence-electron chi connectivity index (χ4n) is 9.46. The van der Waals surface area contributed by atoms with Crippen molar-refractivity contribution >= 4 is 43.6 Å². The normalized spacial score (nSPS) is 11.5. The Bertz CT molecular complexity index is 3890. The first-order valence-electron chi connectivity index (χ1n) is 22.6. The van der Waals surface area contributed by atoms with E-state index >= 15 is 0 Å². The Morgan fingerprint density at radius 3 is 1.07 bits per heavy atom. The van der Waals surface area contributed by atoms with Crippen molar-refractivity contribution in [3.63, 3.8) is 0 Å². The quantitative estimate of drug-likeness (QED) is 0.151. The van der Waals surface area contributed by atoms with Crippen LogP contribution in [-0.2, 0) is 0 Å². The topological polar surface area (TPSA) is 87.2 Å². The molecule has 0 amide bonds. The van der Waals surface area contributed by atoms with Crippen LogP contribution in [0.4, 0.5) is 0 Å². The van der Waals surface area contributed by atoms with Crippen LogP contribution in [0, 0.1) is 0 Å². The van der Waals surface area contributed by atoms with Gasteiger partial charge in [-0.1, -0.05) is 182 Å². The first kappa shape index (κ1) is 39.0. The average molecular weight is 871 g/mol. The lowest BCUT2D eigenvalue weighted by Gasteiger charge is -2.17. The van der Waals surface area contributed by atoms with Crippen LogP contribution in [-0.4, -0.2) is 39.0 Å². The number of benzene rings is 9. The Hall–Kier alpha value is -9.40. The van der Waals surface area contributed by atoms with Crippen LogP contribution in [0.25, 0.3) is 123 Å². The molecule has 0 N–H and O–H groups in total. The van der Waals surface area contributed by atoms with Crippen molar-refractivity contribution in [1.29, 1.82) is 0 Å². The number of rotatable bonds is 8. The number of hydrogen-bond acceptors (Lipinski definition) is 6. The summed E-state index contributed by atoms with van der Waals surface area (Å²) in [6.07, 6.45) is 0. The summed E-state index contributed by atoms with van der Waals surface area (Å²) in [4.78, 5) is 31.1. The number of fused-ring (bicyclic) bond motifs is 6. The molecule has 13 aromatic rings. The second-order valence-electron chi connectivity index (χ2n) is 16.7. The molecule has 0 aliphatic carbocycles. The summed E-state index contributed by atoms with van der Waals surface area (Å²) < 4.78 is 4.73. The van der Waals surface area contributed by atoms with E-state index in [1.807, 2.05) is 121 Å². The van der Waals surface area contributed by atoms with Crippen molar-refractivity contribution in [3.05, 3.63) is 231 Å². The van der Waals surface area contributed by atoms with Crippen molar-refractivity contribution in [1.82, 2.24) is 39.0 Å². The van der Waals surface area contributed by atoms with Gasteiger partial charge in [-0.3, -0.25) is 0 Å². The number of aromatic nitrogens is 8. The molecular formula is C60H38N8. The number of para-hydroxylation sites is 3. The van der Waals surface area contributed by atoms with Gasteiger partial charge in [-0.15, -0.1) is 0 Å². The first-order chi connectivity index (χ1) is 33.7. The molecule has 0 saturated heterocycles. The zero-order valence-corrected chi connectivity index (χ0v) is 36.5. The molecule has 0 bridgehead atoms. The Kier molecular flexibility index (Phi) is 9.31. The smallest absolute Gasteiger partial charge is 0.166 e. The maximum Gasteiger partial charge on any atom is 0.166 e. The predicted molar refractivity (Wildman–Crippen MR) is 275 cm³/mol. The lowest BCUT2D eigenvalue weighted by Crippen LogP contribution is -2.05. The zero-order valence-electron chi connectivity index (χ0n) is 36.5. The molecule has 13 rings (SSSR count). The van der Waals surface area contributed by atoms with E-state index in [1.54, 1.807) is 0 Å². The maximum absolute atomic E-state index is 5.29. The summed E-state index contributed by atoms with van der Waals surface area (Å²) in [7, 11) is 0. The van der Waals surface area contributed by atoms with Crippen molar-refractivity contribution in [2.75, 3.05) is 0 Å². The Labute approximate surface area is 391 Å². The minimum absolute atomic E-state index is 0.537. The molecule has 68 heavy (non-hydrogen) atoms. The Balaban J connectivity index is 1.14. The molecule has 0 fully saturated rings. The Morgan fingerprint density at radius 2 is 0.603 bits per heavy atom. The molecule has 8 nitrogen and oxygen atoms in total. The highest BCUT2D eigenvalue weighted by atomic mass is 15.1. The fourth-order valence-corrected chi connectivity index (χ4v) is 9.46. The fraction of sp³-hybridized carbons (Fsp3) is 0. The molecule has 0 spiro atoms. The van der Waals surface area contributed by atoms with Gasteiger partial charge in [0.2, 0.25) is 0 Å². The summed E-state index contributed by atoms with van der Waals surface area (Å²) in [6.45, 7) is 0. The molecule has 0 atom stereocenters. The van der Waals surface area contributed by atoms with E-state index in [0.717, 1.165) is 77.6 Å². The third-order valence-corrected chi connectivity index (χ3v) is 12.6. The van der Waals surface area contributed by atoms with Gasteiger partial charge < -0.3 is 9.13 Å². The third-order valence-electron chi connectivity index (χ3n) is 12.6. The van der Waals surface area contributed by atoms with Crippen LogP contribution in [0.3, 0.4) is 0 Å². The van der Waals surface area contributed by atoms with Gasteiger partial charge in [-0.25, -0.2) is 29.9 Å². The molecule has 8 heteroatoms. The van der Waals surface area contributed by atoms with E-state index in [-0.39, 0.29) is 0 Å². The average Bonchev–Trinajstić information content (AvgIpc) is 3.92. The van der Waals surface area contributed by atoms with Crippen LogP contribution in [0.1, 0.15) is 0 Å². The molecule has 0 radical (unpaired) electrons. The predicted octanol–water partition coefficient (Wildman–Crippen LogP) is 14.3. The number of nitrogens with zero attached hydrogens (tertiary/aromatic N) is 8. The highest BCUT2D eigenvalue weighted by Crippen LogP contribution is 2.42. The molecule has 0 aliphatic rings. The SMILES string of the molecule is c1ccc(-c2nc(-c3ccccc3)nc(-c3ccc(-c4nc(-c5ccccc5)nc(-c5ccccc5)n4)c(-n4c5ccccc5c5cc6c7ccccc7n(-c7ccccc7)c6cc54)c3)n2)cc1. The largest absolute Gasteiger partial charge is 0.309 e. The highest BCUT2D eigenvalue weighted by molar-refractivity contribution is 6.19. The first-order valence-corrected chi connectivity index (χ1v) is 22.6. The van der Waals surface area contributed by atoms with Crippen LogP contribution >= 0.6 is 0 Å². The van der Waals surface area contributed by atoms with Gasteiger partial charge in [0, 0.05) is 60.6 Å². The van der Waals surface area contributed by atoms with Crippen LogP contribution in [0.5, 0.6) is 0 Å². The van der Waals surface area contributed by atoms with Gasteiger partial charge in [-0.05, 0) is 48.5 Å². The molecule has 318 valence electrons. The molecule has 0 saturated carbocycles. The minimum atomic E-state index is 0.537. The van der Waals surface area contributed by atoms with Crippen molar-refractivity contribution < 1.29 is 0 Å². The Morgan fingerprint density at radius 1 is 0.235 bits per heavy atom. The third kappa shape index (κ3) is 6.70. The van der Waals surface area contributed by atoms with Gasteiger partial charge in [0.25, 0.3) is 0 Å². The van der Waals surface area contributed by atoms with Crippen molar-refractivity contribution in [3.8, 4) is 79.7 Å². The van der Waals surface area contributed by atoms with Gasteiger partial charge in [0.1, 0.15) is 0 Å². The highest BCUT2D eigenvalue weighted by Gasteiger charge is 2.23. The van der Waals surface area contributed by atoms with Crippen LogP contribution in [0.15, 0.2) is 231 Å². The summed E-state index contributed by atoms with van der Waals surface area (Å²) in [6, 6.07) is 79.3. The standard InChI is InChI=1S/C60H38N8/c1-6-20-39(21-7-1)55-61-56(40-22-8-2-9-23-40)64-59(63-55)43-34-35-47(60-65-57(41-24-10-3-11-25-41)62-58(66-60)42-26-12-4-13-27-42)52(36-43)68-51-33-19-17-31-46(51)49-37-48-45-30-16-18-32-50(45)67(53(48)38-54(49)68)44-28-14-5-15-29-44/h1-38H. The molecule has 4 heterocycles. The summed E-state index contributed by atoms with van der Waals surface area (Å²) in [5, 5.41) is 4.63. The van der Waals surface area contributed by atoms with Gasteiger partial charge in [-0.2, -0.15) is 0 Å². The van der Waals surface area contributed by atoms with Crippen molar-refractivity contribution in [2.45, 2.75) is 0 Å². The van der Waals surface area contributed by atoms with Crippen LogP contribution in [0.2, 0.25) is 0 Å². The van der Waals surface area contributed by atoms with Crippen molar-refractivity contribution in [2.24, 2.45) is 0 Å². The van der Waals surface area contributed by atoms with Gasteiger partial charge in [0.15, 0.2) is 34.9 Å². The maximum atomic E-state index is 5.29. The van der Waals surface area contributed by atoms with Gasteiger partial charge in [0.05, 0.1) is 27.8 Å².